The molecule has 0 spiro atoms. The van der Waals surface area contributed by atoms with E-state index in [4.69, 9.17) is 16.3 Å². The number of tetrazole rings is 1. The summed E-state index contributed by atoms with van der Waals surface area (Å²) in [6.45, 7) is 0.811. The summed E-state index contributed by atoms with van der Waals surface area (Å²) in [5, 5.41) is 27.1. The number of primary sulfonamides is 1. The Labute approximate surface area is 179 Å². The van der Waals surface area contributed by atoms with Gasteiger partial charge in [0.05, 0.1) is 11.1 Å². The number of H-pyrrole nitrogens is 1. The smallest absolute Gasteiger partial charge is 0.369 e. The van der Waals surface area contributed by atoms with Crippen LogP contribution in [0.2, 0.25) is 0 Å². The summed E-state index contributed by atoms with van der Waals surface area (Å²) in [7, 11) is -4.83. The number of rotatable bonds is 4. The molecule has 0 unspecified atom stereocenters. The van der Waals surface area contributed by atoms with Gasteiger partial charge < -0.3 is 5.73 Å². The van der Waals surface area contributed by atoms with Gasteiger partial charge in [0, 0.05) is 13.1 Å². The van der Waals surface area contributed by atoms with Crippen molar-refractivity contribution in [2.24, 2.45) is 10.9 Å². The van der Waals surface area contributed by atoms with Crippen molar-refractivity contribution in [3.8, 4) is 22.5 Å². The summed E-state index contributed by atoms with van der Waals surface area (Å²) in [6.07, 6.45) is -4.99. The number of fused-ring (bicyclic) bond motifs is 1. The van der Waals surface area contributed by atoms with E-state index in [1.807, 2.05) is 0 Å². The van der Waals surface area contributed by atoms with E-state index in [0.717, 1.165) is 17.2 Å². The van der Waals surface area contributed by atoms with Gasteiger partial charge >= 0.3 is 6.18 Å². The normalized spacial score (nSPS) is 14.4. The molecule has 0 bridgehead atoms. The minimum absolute atomic E-state index is 0.129. The van der Waals surface area contributed by atoms with Crippen molar-refractivity contribution in [2.45, 2.75) is 24.2 Å². The van der Waals surface area contributed by atoms with Crippen LogP contribution in [0.3, 0.4) is 0 Å². The van der Waals surface area contributed by atoms with Crippen LogP contribution < -0.4 is 16.3 Å². The van der Waals surface area contributed by atoms with Crippen LogP contribution in [0, 0.1) is 5.41 Å². The molecule has 2 heterocycles. The Hall–Kier alpha value is -3.56. The van der Waals surface area contributed by atoms with Gasteiger partial charge in [0.2, 0.25) is 21.8 Å². The molecule has 3 aromatic rings. The van der Waals surface area contributed by atoms with E-state index in [2.05, 4.69) is 26.0 Å². The minimum Gasteiger partial charge on any atom is -0.369 e. The molecule has 32 heavy (non-hydrogen) atoms. The topological polar surface area (TPSA) is 180 Å². The van der Waals surface area contributed by atoms with E-state index in [1.54, 1.807) is 23.2 Å². The van der Waals surface area contributed by atoms with Crippen molar-refractivity contribution in [1.29, 1.82) is 5.41 Å². The van der Waals surface area contributed by atoms with Crippen LogP contribution in [0.1, 0.15) is 16.7 Å². The van der Waals surface area contributed by atoms with Crippen LogP contribution in [0.15, 0.2) is 35.2 Å². The van der Waals surface area contributed by atoms with E-state index < -0.39 is 32.2 Å². The van der Waals surface area contributed by atoms with Crippen molar-refractivity contribution >= 4 is 16.0 Å². The maximum Gasteiger partial charge on any atom is 0.417 e. The van der Waals surface area contributed by atoms with Crippen LogP contribution in [0.4, 0.5) is 13.2 Å². The number of guanidine groups is 1. The summed E-state index contributed by atoms with van der Waals surface area (Å²) < 4.78 is 65.5. The molecule has 7 N–H and O–H groups in total. The van der Waals surface area contributed by atoms with Crippen molar-refractivity contribution in [3.63, 3.8) is 0 Å². The molecule has 15 heteroatoms. The fourth-order valence-corrected chi connectivity index (χ4v) is 4.62. The standard InChI is InChI=1S/C17H16F3N9O2S/c18-17(19,20)12-4-3-11(13(14(12)32(23,30)31)15-24-27-28-25-15)8-1-2-9-6-29(26-16(21)22)7-10(9)5-8/h1-5H,6-7H2,(H4,21,22,26)(H2,23,30,31)(H,24,25,27,28). The average Bonchev–Trinajstić information content (AvgIpc) is 3.33. The number of sulfonamides is 1. The molecule has 0 aliphatic carbocycles. The van der Waals surface area contributed by atoms with Crippen LogP contribution in [0.5, 0.6) is 0 Å². The zero-order valence-electron chi connectivity index (χ0n) is 16.1. The van der Waals surface area contributed by atoms with Gasteiger partial charge in [-0.3, -0.25) is 10.8 Å². The van der Waals surface area contributed by atoms with E-state index in [0.29, 0.717) is 24.7 Å². The second-order valence-electron chi connectivity index (χ2n) is 7.01. The number of nitrogens with one attached hydrogen (secondary N) is 3. The Morgan fingerprint density at radius 1 is 1.19 bits per heavy atom. The van der Waals surface area contributed by atoms with E-state index in [-0.39, 0.29) is 17.3 Å². The molecule has 0 radical (unpaired) electrons. The molecule has 4 rings (SSSR count). The van der Waals surface area contributed by atoms with E-state index in [9.17, 15) is 21.6 Å². The average molecular weight is 467 g/mol. The number of hydrazine groups is 1. The highest BCUT2D eigenvalue weighted by molar-refractivity contribution is 7.89. The SMILES string of the molecule is N=C(N)NN1Cc2ccc(-c3ccc(C(F)(F)F)c(S(N)(=O)=O)c3-c3nn[nH]n3)cc2C1. The lowest BCUT2D eigenvalue weighted by molar-refractivity contribution is -0.139. The van der Waals surface area contributed by atoms with Crippen molar-refractivity contribution < 1.29 is 21.6 Å². The molecule has 1 aliphatic heterocycles. The quantitative estimate of drug-likeness (QED) is 0.277. The zero-order chi connectivity index (χ0) is 23.3. The van der Waals surface area contributed by atoms with Crippen molar-refractivity contribution in [1.82, 2.24) is 31.1 Å². The molecule has 1 aromatic heterocycles. The minimum atomic E-state index is -4.99. The largest absolute Gasteiger partial charge is 0.417 e. The molecule has 0 atom stereocenters. The van der Waals surface area contributed by atoms with Crippen LogP contribution in [-0.4, -0.2) is 40.0 Å². The molecular formula is C17H16F3N9O2S. The molecule has 1 aliphatic rings. The number of halogens is 3. The summed E-state index contributed by atoms with van der Waals surface area (Å²) >= 11 is 0. The van der Waals surface area contributed by atoms with Gasteiger partial charge in [-0.1, -0.05) is 18.2 Å². The molecule has 0 amide bonds. The highest BCUT2D eigenvalue weighted by Gasteiger charge is 2.40. The van der Waals surface area contributed by atoms with Crippen molar-refractivity contribution in [2.75, 3.05) is 0 Å². The van der Waals surface area contributed by atoms with Gasteiger partial charge in [0.25, 0.3) is 0 Å². The third kappa shape index (κ3) is 4.00. The summed E-state index contributed by atoms with van der Waals surface area (Å²) in [5.74, 6) is -0.589. The van der Waals surface area contributed by atoms with Crippen molar-refractivity contribution in [3.05, 3.63) is 47.0 Å². The Bertz CT molecular complexity index is 1310. The fraction of sp³-hybridized carbons (Fsp3) is 0.176. The van der Waals surface area contributed by atoms with Crippen LogP contribution in [0.25, 0.3) is 22.5 Å². The van der Waals surface area contributed by atoms with Crippen LogP contribution >= 0.6 is 0 Å². The van der Waals surface area contributed by atoms with Crippen LogP contribution in [-0.2, 0) is 29.3 Å². The number of nitrogens with two attached hydrogens (primary N) is 2. The molecule has 11 nitrogen and oxygen atoms in total. The Morgan fingerprint density at radius 2 is 1.91 bits per heavy atom. The number of benzene rings is 2. The maximum atomic E-state index is 13.6. The lowest BCUT2D eigenvalue weighted by Crippen LogP contribution is -2.42. The number of alkyl halides is 3. The first-order valence-corrected chi connectivity index (χ1v) is 10.5. The predicted molar refractivity (Wildman–Crippen MR) is 106 cm³/mol. The van der Waals surface area contributed by atoms with E-state index in [1.165, 1.54) is 0 Å². The predicted octanol–water partition coefficient (Wildman–Crippen LogP) is 0.914. The van der Waals surface area contributed by atoms with E-state index >= 15 is 0 Å². The third-order valence-electron chi connectivity index (χ3n) is 4.83. The van der Waals surface area contributed by atoms with Gasteiger partial charge in [-0.2, -0.15) is 18.4 Å². The lowest BCUT2D eigenvalue weighted by atomic mass is 9.94. The number of hydrogen-bond donors (Lipinski definition) is 5. The monoisotopic (exact) mass is 467 g/mol. The number of aromatic nitrogens is 4. The number of aromatic amines is 1. The van der Waals surface area contributed by atoms with Gasteiger partial charge in [-0.15, -0.1) is 10.2 Å². The first kappa shape index (κ1) is 21.7. The third-order valence-corrected chi connectivity index (χ3v) is 5.83. The Balaban J connectivity index is 1.93. The summed E-state index contributed by atoms with van der Waals surface area (Å²) in [6, 6.07) is 6.90. The lowest BCUT2D eigenvalue weighted by Gasteiger charge is -2.18. The molecule has 2 aromatic carbocycles. The highest BCUT2D eigenvalue weighted by atomic mass is 32.2. The number of nitrogens with zero attached hydrogens (tertiary/aromatic N) is 4. The maximum absolute atomic E-state index is 13.6. The zero-order valence-corrected chi connectivity index (χ0v) is 16.9. The highest BCUT2D eigenvalue weighted by Crippen LogP contribution is 2.43. The first-order valence-electron chi connectivity index (χ1n) is 8.94. The van der Waals surface area contributed by atoms with Gasteiger partial charge in [0.15, 0.2) is 0 Å². The second kappa shape index (κ2) is 7.54. The molecule has 168 valence electrons. The molecule has 0 fully saturated rings. The summed E-state index contributed by atoms with van der Waals surface area (Å²) in [4.78, 5) is -1.13. The summed E-state index contributed by atoms with van der Waals surface area (Å²) in [5.41, 5.74) is 8.46. The Kier molecular flexibility index (Phi) is 5.10. The first-order chi connectivity index (χ1) is 14.9. The fourth-order valence-electron chi connectivity index (χ4n) is 3.64. The molecule has 0 saturated carbocycles. The Morgan fingerprint density at radius 3 is 2.50 bits per heavy atom. The van der Waals surface area contributed by atoms with Gasteiger partial charge in [-0.05, 0) is 39.6 Å². The van der Waals surface area contributed by atoms with Gasteiger partial charge in [-0.25, -0.2) is 18.6 Å². The number of hydrogen-bond acceptors (Lipinski definition) is 7. The molecule has 0 saturated heterocycles. The molecular weight excluding hydrogens is 451 g/mol. The van der Waals surface area contributed by atoms with Gasteiger partial charge in [0.1, 0.15) is 4.90 Å². The second-order valence-corrected chi connectivity index (χ2v) is 8.51.